The number of nitrogens with zero attached hydrogens (tertiary/aromatic N) is 1. The van der Waals surface area contributed by atoms with Crippen molar-refractivity contribution in [2.24, 2.45) is 5.92 Å². The summed E-state index contributed by atoms with van der Waals surface area (Å²) in [7, 11) is 0. The van der Waals surface area contributed by atoms with E-state index in [1.54, 1.807) is 0 Å². The SMILES string of the molecule is C=CCN1c2ccc(Br)cc2C2Nc3ccccc3NC21C1CCCCC1. The van der Waals surface area contributed by atoms with E-state index in [9.17, 15) is 0 Å². The summed E-state index contributed by atoms with van der Waals surface area (Å²) < 4.78 is 1.14. The summed E-state index contributed by atoms with van der Waals surface area (Å²) in [4.78, 5) is 2.57. The van der Waals surface area contributed by atoms with Gasteiger partial charge in [0, 0.05) is 28.2 Å². The first kappa shape index (κ1) is 17.2. The number of fused-ring (bicyclic) bond motifs is 4. The fourth-order valence-corrected chi connectivity index (χ4v) is 5.87. The zero-order valence-corrected chi connectivity index (χ0v) is 17.1. The van der Waals surface area contributed by atoms with Gasteiger partial charge < -0.3 is 15.5 Å². The summed E-state index contributed by atoms with van der Waals surface area (Å²) in [5.41, 5.74) is 4.95. The van der Waals surface area contributed by atoms with Crippen LogP contribution < -0.4 is 15.5 Å². The van der Waals surface area contributed by atoms with Crippen molar-refractivity contribution in [3.05, 3.63) is 65.2 Å². The Morgan fingerprint density at radius 2 is 1.89 bits per heavy atom. The zero-order chi connectivity index (χ0) is 18.4. The summed E-state index contributed by atoms with van der Waals surface area (Å²) >= 11 is 3.70. The van der Waals surface area contributed by atoms with Gasteiger partial charge in [0.1, 0.15) is 5.66 Å². The molecule has 3 nitrogen and oxygen atoms in total. The van der Waals surface area contributed by atoms with Crippen LogP contribution in [0.2, 0.25) is 0 Å². The highest BCUT2D eigenvalue weighted by molar-refractivity contribution is 9.10. The van der Waals surface area contributed by atoms with Gasteiger partial charge in [0.25, 0.3) is 0 Å². The third-order valence-corrected chi connectivity index (χ3v) is 7.07. The van der Waals surface area contributed by atoms with E-state index in [1.165, 1.54) is 54.7 Å². The van der Waals surface area contributed by atoms with Crippen LogP contribution >= 0.6 is 15.9 Å². The molecule has 1 saturated carbocycles. The molecule has 2 aromatic carbocycles. The second-order valence-electron chi connectivity index (χ2n) is 8.01. The lowest BCUT2D eigenvalue weighted by Crippen LogP contribution is -2.63. The minimum Gasteiger partial charge on any atom is -0.372 e. The Labute approximate surface area is 170 Å². The predicted octanol–water partition coefficient (Wildman–Crippen LogP) is 6.31. The molecule has 2 aliphatic heterocycles. The maximum Gasteiger partial charge on any atom is 0.139 e. The van der Waals surface area contributed by atoms with Crippen LogP contribution in [0.1, 0.15) is 43.7 Å². The van der Waals surface area contributed by atoms with E-state index in [-0.39, 0.29) is 11.7 Å². The fourth-order valence-electron chi connectivity index (χ4n) is 5.49. The molecule has 2 aromatic rings. The summed E-state index contributed by atoms with van der Waals surface area (Å²) in [5, 5.41) is 7.95. The molecule has 2 atom stereocenters. The molecule has 0 aromatic heterocycles. The molecular formula is C23H26BrN3. The lowest BCUT2D eigenvalue weighted by molar-refractivity contribution is 0.205. The minimum absolute atomic E-state index is 0.147. The quantitative estimate of drug-likeness (QED) is 0.566. The van der Waals surface area contributed by atoms with Gasteiger partial charge in [0.2, 0.25) is 0 Å². The van der Waals surface area contributed by atoms with Crippen LogP contribution in [0.5, 0.6) is 0 Å². The van der Waals surface area contributed by atoms with Crippen LogP contribution in [0.3, 0.4) is 0 Å². The lowest BCUT2D eigenvalue weighted by Gasteiger charge is -2.53. The first-order valence-corrected chi connectivity index (χ1v) is 10.8. The number of rotatable bonds is 3. The highest BCUT2D eigenvalue weighted by atomic mass is 79.9. The number of halogens is 1. The van der Waals surface area contributed by atoms with Crippen LogP contribution in [-0.2, 0) is 0 Å². The molecule has 27 heavy (non-hydrogen) atoms. The van der Waals surface area contributed by atoms with Gasteiger partial charge in [-0.3, -0.25) is 0 Å². The minimum atomic E-state index is -0.147. The van der Waals surface area contributed by atoms with Gasteiger partial charge >= 0.3 is 0 Å². The van der Waals surface area contributed by atoms with Crippen LogP contribution in [0.25, 0.3) is 0 Å². The highest BCUT2D eigenvalue weighted by Gasteiger charge is 2.57. The molecule has 0 radical (unpaired) electrons. The molecule has 0 amide bonds. The summed E-state index contributed by atoms with van der Waals surface area (Å²) in [5.74, 6) is 0.600. The third kappa shape index (κ3) is 2.53. The molecule has 0 saturated heterocycles. The first-order chi connectivity index (χ1) is 13.2. The maximum absolute atomic E-state index is 4.07. The van der Waals surface area contributed by atoms with Crippen molar-refractivity contribution in [2.75, 3.05) is 22.1 Å². The molecule has 2 heterocycles. The standard InChI is InChI=1S/C23H26BrN3/c1-2-14-27-21-13-12-17(24)15-18(21)22-23(27,16-8-4-3-5-9-16)26-20-11-7-6-10-19(20)25-22/h2,6-7,10-13,15-16,22,25-26H,1,3-5,8-9,14H2. The molecule has 1 aliphatic carbocycles. The first-order valence-electron chi connectivity index (χ1n) is 10.1. The van der Waals surface area contributed by atoms with Gasteiger partial charge in [-0.1, -0.05) is 53.4 Å². The molecular weight excluding hydrogens is 398 g/mol. The van der Waals surface area contributed by atoms with Crippen LogP contribution in [0.15, 0.2) is 59.6 Å². The van der Waals surface area contributed by atoms with Crippen molar-refractivity contribution in [1.29, 1.82) is 0 Å². The monoisotopic (exact) mass is 423 g/mol. The van der Waals surface area contributed by atoms with E-state index in [2.05, 4.69) is 80.5 Å². The van der Waals surface area contributed by atoms with Gasteiger partial charge in [-0.15, -0.1) is 6.58 Å². The van der Waals surface area contributed by atoms with Gasteiger partial charge in [-0.25, -0.2) is 0 Å². The Bertz CT molecular complexity index is 874. The highest BCUT2D eigenvalue weighted by Crippen LogP contribution is 2.57. The molecule has 2 unspecified atom stereocenters. The van der Waals surface area contributed by atoms with Crippen molar-refractivity contribution in [3.63, 3.8) is 0 Å². The van der Waals surface area contributed by atoms with Crippen molar-refractivity contribution < 1.29 is 0 Å². The molecule has 3 aliphatic rings. The lowest BCUT2D eigenvalue weighted by atomic mass is 9.74. The molecule has 5 rings (SSSR count). The maximum atomic E-state index is 4.07. The van der Waals surface area contributed by atoms with Gasteiger partial charge in [-0.2, -0.15) is 0 Å². The normalized spacial score (nSPS) is 26.4. The summed E-state index contributed by atoms with van der Waals surface area (Å²) in [6, 6.07) is 15.6. The van der Waals surface area contributed by atoms with Crippen molar-refractivity contribution in [2.45, 2.75) is 43.8 Å². The van der Waals surface area contributed by atoms with Crippen LogP contribution in [-0.4, -0.2) is 12.2 Å². The number of para-hydroxylation sites is 2. The van der Waals surface area contributed by atoms with Gasteiger partial charge in [0.05, 0.1) is 17.4 Å². The van der Waals surface area contributed by atoms with Crippen molar-refractivity contribution >= 4 is 33.0 Å². The average Bonchev–Trinajstić information content (AvgIpc) is 2.97. The fraction of sp³-hybridized carbons (Fsp3) is 0.391. The second-order valence-corrected chi connectivity index (χ2v) is 8.93. The van der Waals surface area contributed by atoms with Gasteiger partial charge in [0.15, 0.2) is 0 Å². The molecule has 0 spiro atoms. The molecule has 2 N–H and O–H groups in total. The summed E-state index contributed by atoms with van der Waals surface area (Å²) in [6.45, 7) is 4.92. The number of nitrogens with one attached hydrogen (secondary N) is 2. The second kappa shape index (κ2) is 6.59. The molecule has 0 bridgehead atoms. The summed E-state index contributed by atoms with van der Waals surface area (Å²) in [6.07, 6.45) is 8.60. The van der Waals surface area contributed by atoms with Crippen LogP contribution in [0, 0.1) is 5.92 Å². The largest absolute Gasteiger partial charge is 0.372 e. The third-order valence-electron chi connectivity index (χ3n) is 6.58. The number of hydrogen-bond acceptors (Lipinski definition) is 3. The van der Waals surface area contributed by atoms with E-state index in [0.29, 0.717) is 5.92 Å². The molecule has 4 heteroatoms. The van der Waals surface area contributed by atoms with Crippen LogP contribution in [0.4, 0.5) is 17.1 Å². The number of hydrogen-bond donors (Lipinski definition) is 2. The van der Waals surface area contributed by atoms with E-state index in [0.717, 1.165) is 11.0 Å². The van der Waals surface area contributed by atoms with E-state index in [4.69, 9.17) is 0 Å². The Hall–Kier alpha value is -1.94. The Kier molecular flexibility index (Phi) is 4.19. The van der Waals surface area contributed by atoms with Gasteiger partial charge in [-0.05, 0) is 43.2 Å². The van der Waals surface area contributed by atoms with E-state index < -0.39 is 0 Å². The Morgan fingerprint density at radius 3 is 2.67 bits per heavy atom. The van der Waals surface area contributed by atoms with E-state index in [1.807, 2.05) is 6.08 Å². The van der Waals surface area contributed by atoms with Crippen molar-refractivity contribution in [3.8, 4) is 0 Å². The smallest absolute Gasteiger partial charge is 0.139 e. The van der Waals surface area contributed by atoms with Crippen molar-refractivity contribution in [1.82, 2.24) is 0 Å². The predicted molar refractivity (Wildman–Crippen MR) is 117 cm³/mol. The molecule has 140 valence electrons. The average molecular weight is 424 g/mol. The molecule has 1 fully saturated rings. The Balaban J connectivity index is 1.72. The Morgan fingerprint density at radius 1 is 1.11 bits per heavy atom. The number of benzene rings is 2. The zero-order valence-electron chi connectivity index (χ0n) is 15.5. The topological polar surface area (TPSA) is 27.3 Å². The van der Waals surface area contributed by atoms with E-state index >= 15 is 0 Å². The number of anilines is 3.